The molecule has 1 aromatic carbocycles. The van der Waals surface area contributed by atoms with Gasteiger partial charge < -0.3 is 14.5 Å². The number of nitrogens with one attached hydrogen (secondary N) is 1. The largest absolute Gasteiger partial charge is 0.497 e. The summed E-state index contributed by atoms with van der Waals surface area (Å²) in [6.45, 7) is 2.69. The maximum Gasteiger partial charge on any atom is 0.286 e. The number of rotatable bonds is 4. The number of ether oxygens (including phenoxy) is 1. The summed E-state index contributed by atoms with van der Waals surface area (Å²) in [5, 5.41) is 1.24. The van der Waals surface area contributed by atoms with Crippen molar-refractivity contribution in [2.24, 2.45) is 0 Å². The Morgan fingerprint density at radius 2 is 1.88 bits per heavy atom. The van der Waals surface area contributed by atoms with Gasteiger partial charge in [-0.25, -0.2) is 0 Å². The summed E-state index contributed by atoms with van der Waals surface area (Å²) in [5.74, 6) is 0.372. The maximum absolute atomic E-state index is 12.3. The number of methoxy groups -OCH3 is 1. The van der Waals surface area contributed by atoms with Crippen LogP contribution in [0.4, 0.5) is 10.5 Å². The van der Waals surface area contributed by atoms with Crippen molar-refractivity contribution in [2.45, 2.75) is 11.7 Å². The third-order valence-electron chi connectivity index (χ3n) is 4.20. The molecule has 0 saturated carbocycles. The molecule has 3 amide bonds. The zero-order valence-electron chi connectivity index (χ0n) is 13.4. The van der Waals surface area contributed by atoms with Crippen molar-refractivity contribution < 1.29 is 19.1 Å². The number of thioether (sulfide) groups is 1. The Kier molecular flexibility index (Phi) is 4.94. The summed E-state index contributed by atoms with van der Waals surface area (Å²) in [6.07, 6.45) is 0.0742. The smallest absolute Gasteiger partial charge is 0.286 e. The number of nitrogens with zero attached hydrogens (tertiary/aromatic N) is 2. The number of anilines is 1. The molecule has 0 aliphatic carbocycles. The minimum Gasteiger partial charge on any atom is -0.497 e. The van der Waals surface area contributed by atoms with Crippen molar-refractivity contribution in [2.75, 3.05) is 38.2 Å². The molecule has 2 heterocycles. The average Bonchev–Trinajstić information content (AvgIpc) is 2.92. The third-order valence-corrected chi connectivity index (χ3v) is 5.18. The SMILES string of the molecule is COc1ccc(N2CCN(C(=O)C[C@@H]3SC(=O)NC3=O)CC2)cc1. The highest BCUT2D eigenvalue weighted by Gasteiger charge is 2.34. The van der Waals surface area contributed by atoms with E-state index in [2.05, 4.69) is 10.2 Å². The lowest BCUT2D eigenvalue weighted by Crippen LogP contribution is -2.49. The Hall–Kier alpha value is -2.22. The highest BCUT2D eigenvalue weighted by molar-refractivity contribution is 8.15. The van der Waals surface area contributed by atoms with Crippen molar-refractivity contribution in [3.05, 3.63) is 24.3 Å². The molecule has 1 atom stereocenters. The molecular weight excluding hydrogens is 330 g/mol. The van der Waals surface area contributed by atoms with Crippen LogP contribution in [0.5, 0.6) is 5.75 Å². The molecule has 3 rings (SSSR count). The molecular formula is C16H19N3O4S. The fourth-order valence-corrected chi connectivity index (χ4v) is 3.63. The lowest BCUT2D eigenvalue weighted by Gasteiger charge is -2.36. The van der Waals surface area contributed by atoms with E-state index in [1.807, 2.05) is 24.3 Å². The second kappa shape index (κ2) is 7.12. The number of carbonyl (C=O) groups excluding carboxylic acids is 3. The molecule has 0 bridgehead atoms. The number of hydrogen-bond donors (Lipinski definition) is 1. The van der Waals surface area contributed by atoms with Crippen molar-refractivity contribution in [1.29, 1.82) is 0 Å². The van der Waals surface area contributed by atoms with E-state index in [1.54, 1.807) is 12.0 Å². The first-order valence-electron chi connectivity index (χ1n) is 7.75. The Morgan fingerprint density at radius 3 is 2.42 bits per heavy atom. The van der Waals surface area contributed by atoms with E-state index >= 15 is 0 Å². The summed E-state index contributed by atoms with van der Waals surface area (Å²) >= 11 is 0.898. The van der Waals surface area contributed by atoms with E-state index in [4.69, 9.17) is 4.74 Å². The van der Waals surface area contributed by atoms with Crippen molar-refractivity contribution in [3.8, 4) is 5.75 Å². The second-order valence-electron chi connectivity index (χ2n) is 5.65. The summed E-state index contributed by atoms with van der Waals surface area (Å²) in [5.41, 5.74) is 1.10. The van der Waals surface area contributed by atoms with Gasteiger partial charge in [0.25, 0.3) is 5.24 Å². The molecule has 1 N–H and O–H groups in total. The minimum atomic E-state index is -0.593. The number of hydrogen-bond acceptors (Lipinski definition) is 6. The lowest BCUT2D eigenvalue weighted by molar-refractivity contribution is -0.133. The van der Waals surface area contributed by atoms with Gasteiger partial charge in [0.2, 0.25) is 11.8 Å². The lowest BCUT2D eigenvalue weighted by atomic mass is 10.2. The molecule has 0 unspecified atom stereocenters. The van der Waals surface area contributed by atoms with Gasteiger partial charge in [0.1, 0.15) is 11.0 Å². The van der Waals surface area contributed by atoms with Crippen LogP contribution < -0.4 is 15.0 Å². The molecule has 0 spiro atoms. The normalized spacial score (nSPS) is 21.0. The van der Waals surface area contributed by atoms with Crippen LogP contribution in [-0.4, -0.2) is 60.5 Å². The summed E-state index contributed by atoms with van der Waals surface area (Å²) in [6, 6.07) is 7.84. The van der Waals surface area contributed by atoms with Crippen LogP contribution in [0, 0.1) is 0 Å². The summed E-state index contributed by atoms with van der Waals surface area (Å²) < 4.78 is 5.15. The van der Waals surface area contributed by atoms with E-state index in [0.29, 0.717) is 13.1 Å². The second-order valence-corrected chi connectivity index (χ2v) is 6.83. The summed E-state index contributed by atoms with van der Waals surface area (Å²) in [4.78, 5) is 39.0. The van der Waals surface area contributed by atoms with Gasteiger partial charge in [-0.3, -0.25) is 19.7 Å². The van der Waals surface area contributed by atoms with Crippen molar-refractivity contribution in [1.82, 2.24) is 10.2 Å². The van der Waals surface area contributed by atoms with Crippen LogP contribution >= 0.6 is 11.8 Å². The molecule has 0 aromatic heterocycles. The zero-order chi connectivity index (χ0) is 17.1. The number of piperazine rings is 1. The van der Waals surface area contributed by atoms with Gasteiger partial charge in [0, 0.05) is 38.3 Å². The zero-order valence-corrected chi connectivity index (χ0v) is 14.2. The van der Waals surface area contributed by atoms with Crippen LogP contribution in [0.15, 0.2) is 24.3 Å². The van der Waals surface area contributed by atoms with Gasteiger partial charge in [-0.15, -0.1) is 0 Å². The first-order valence-corrected chi connectivity index (χ1v) is 8.63. The fraction of sp³-hybridized carbons (Fsp3) is 0.438. The highest BCUT2D eigenvalue weighted by Crippen LogP contribution is 2.24. The van der Waals surface area contributed by atoms with E-state index in [0.717, 1.165) is 36.3 Å². The number of carbonyl (C=O) groups is 3. The van der Waals surface area contributed by atoms with E-state index in [9.17, 15) is 14.4 Å². The predicted octanol–water partition coefficient (Wildman–Crippen LogP) is 1.09. The van der Waals surface area contributed by atoms with Gasteiger partial charge in [-0.1, -0.05) is 11.8 Å². The van der Waals surface area contributed by atoms with Crippen LogP contribution in [0.3, 0.4) is 0 Å². The Morgan fingerprint density at radius 1 is 1.21 bits per heavy atom. The van der Waals surface area contributed by atoms with Gasteiger partial charge in [0.05, 0.1) is 7.11 Å². The van der Waals surface area contributed by atoms with Crippen LogP contribution in [-0.2, 0) is 9.59 Å². The molecule has 0 radical (unpaired) electrons. The average molecular weight is 349 g/mol. The summed E-state index contributed by atoms with van der Waals surface area (Å²) in [7, 11) is 1.63. The molecule has 2 saturated heterocycles. The predicted molar refractivity (Wildman–Crippen MR) is 91.3 cm³/mol. The van der Waals surface area contributed by atoms with E-state index in [-0.39, 0.29) is 23.5 Å². The van der Waals surface area contributed by atoms with E-state index < -0.39 is 5.25 Å². The minimum absolute atomic E-state index is 0.0742. The Balaban J connectivity index is 1.51. The number of benzene rings is 1. The first-order chi connectivity index (χ1) is 11.6. The molecule has 7 nitrogen and oxygen atoms in total. The van der Waals surface area contributed by atoms with Gasteiger partial charge in [-0.2, -0.15) is 0 Å². The number of amides is 3. The molecule has 1 aromatic rings. The molecule has 24 heavy (non-hydrogen) atoms. The molecule has 2 aliphatic heterocycles. The fourth-order valence-electron chi connectivity index (χ4n) is 2.82. The molecule has 128 valence electrons. The first kappa shape index (κ1) is 16.6. The number of imide groups is 1. The Bertz CT molecular complexity index is 641. The highest BCUT2D eigenvalue weighted by atomic mass is 32.2. The van der Waals surface area contributed by atoms with Crippen molar-refractivity contribution >= 4 is 34.5 Å². The van der Waals surface area contributed by atoms with Crippen molar-refractivity contribution in [3.63, 3.8) is 0 Å². The van der Waals surface area contributed by atoms with E-state index in [1.165, 1.54) is 0 Å². The molecule has 2 fully saturated rings. The Labute approximate surface area is 144 Å². The molecule has 2 aliphatic rings. The quantitative estimate of drug-likeness (QED) is 0.876. The van der Waals surface area contributed by atoms with Gasteiger partial charge >= 0.3 is 0 Å². The monoisotopic (exact) mass is 349 g/mol. The van der Waals surface area contributed by atoms with Crippen LogP contribution in [0.25, 0.3) is 0 Å². The topological polar surface area (TPSA) is 79.0 Å². The van der Waals surface area contributed by atoms with Gasteiger partial charge in [-0.05, 0) is 24.3 Å². The van der Waals surface area contributed by atoms with Crippen LogP contribution in [0.1, 0.15) is 6.42 Å². The maximum atomic E-state index is 12.3. The van der Waals surface area contributed by atoms with Gasteiger partial charge in [0.15, 0.2) is 0 Å². The standard InChI is InChI=1S/C16H19N3O4S/c1-23-12-4-2-11(3-5-12)18-6-8-19(9-7-18)14(20)10-13-15(21)17-16(22)24-13/h2-5,13H,6-10H2,1H3,(H,17,21,22)/t13-/m0/s1. The van der Waals surface area contributed by atoms with Crippen LogP contribution in [0.2, 0.25) is 0 Å². The molecule has 8 heteroatoms. The third kappa shape index (κ3) is 3.64.